The van der Waals surface area contributed by atoms with Crippen LogP contribution in [0, 0.1) is 0 Å². The molecule has 1 N–H and O–H groups in total. The fourth-order valence-electron chi connectivity index (χ4n) is 1.87. The minimum absolute atomic E-state index is 0.388. The summed E-state index contributed by atoms with van der Waals surface area (Å²) in [6, 6.07) is 8.75. The SMILES string of the molecule is O=Cc1ccc(-c2ccc3c(c2)C(=O)C(=O)N3)s1. The molecule has 0 atom stereocenters. The van der Waals surface area contributed by atoms with E-state index in [4.69, 9.17) is 0 Å². The van der Waals surface area contributed by atoms with Gasteiger partial charge in [-0.2, -0.15) is 0 Å². The molecule has 0 spiro atoms. The predicted octanol–water partition coefficient (Wildman–Crippen LogP) is 2.36. The van der Waals surface area contributed by atoms with Gasteiger partial charge in [0.1, 0.15) is 0 Å². The fourth-order valence-corrected chi connectivity index (χ4v) is 2.69. The Balaban J connectivity index is 2.08. The van der Waals surface area contributed by atoms with Crippen LogP contribution in [0.1, 0.15) is 20.0 Å². The molecule has 4 nitrogen and oxygen atoms in total. The van der Waals surface area contributed by atoms with Gasteiger partial charge in [-0.3, -0.25) is 14.4 Å². The van der Waals surface area contributed by atoms with Gasteiger partial charge in [0.2, 0.25) is 0 Å². The number of benzene rings is 1. The molecule has 0 saturated carbocycles. The van der Waals surface area contributed by atoms with E-state index in [1.54, 1.807) is 18.2 Å². The average molecular weight is 257 g/mol. The molecule has 0 fully saturated rings. The quantitative estimate of drug-likeness (QED) is 0.663. The molecule has 1 aliphatic rings. The van der Waals surface area contributed by atoms with Gasteiger partial charge in [-0.25, -0.2) is 0 Å². The van der Waals surface area contributed by atoms with Crippen LogP contribution in [0.15, 0.2) is 30.3 Å². The largest absolute Gasteiger partial charge is 0.318 e. The van der Waals surface area contributed by atoms with Crippen LogP contribution in [0.25, 0.3) is 10.4 Å². The highest BCUT2D eigenvalue weighted by Gasteiger charge is 2.28. The topological polar surface area (TPSA) is 63.2 Å². The van der Waals surface area contributed by atoms with Gasteiger partial charge in [0.15, 0.2) is 6.29 Å². The fraction of sp³-hybridized carbons (Fsp3) is 0. The summed E-state index contributed by atoms with van der Waals surface area (Å²) in [6.45, 7) is 0. The molecule has 0 aliphatic carbocycles. The highest BCUT2D eigenvalue weighted by molar-refractivity contribution is 7.17. The molecule has 0 unspecified atom stereocenters. The van der Waals surface area contributed by atoms with E-state index in [2.05, 4.69) is 5.32 Å². The molecule has 1 aromatic heterocycles. The van der Waals surface area contributed by atoms with Gasteiger partial charge in [0.25, 0.3) is 11.7 Å². The van der Waals surface area contributed by atoms with Crippen LogP contribution in [0.3, 0.4) is 0 Å². The van der Waals surface area contributed by atoms with Crippen LogP contribution in [0.4, 0.5) is 5.69 Å². The Morgan fingerprint density at radius 1 is 1.11 bits per heavy atom. The number of carbonyl (C=O) groups excluding carboxylic acids is 3. The van der Waals surface area contributed by atoms with Crippen LogP contribution >= 0.6 is 11.3 Å². The third-order valence-electron chi connectivity index (χ3n) is 2.75. The maximum absolute atomic E-state index is 11.6. The molecule has 88 valence electrons. The van der Waals surface area contributed by atoms with Crippen molar-refractivity contribution in [2.24, 2.45) is 0 Å². The Hall–Kier alpha value is -2.27. The summed E-state index contributed by atoms with van der Waals surface area (Å²) in [4.78, 5) is 35.0. The Morgan fingerprint density at radius 2 is 1.94 bits per heavy atom. The molecule has 2 heterocycles. The van der Waals surface area contributed by atoms with E-state index in [1.165, 1.54) is 11.3 Å². The number of amides is 1. The summed E-state index contributed by atoms with van der Waals surface area (Å²) in [6.07, 6.45) is 0.789. The van der Waals surface area contributed by atoms with E-state index in [-0.39, 0.29) is 0 Å². The molecular formula is C13H7NO3S. The molecule has 2 aromatic rings. The van der Waals surface area contributed by atoms with Gasteiger partial charge in [-0.1, -0.05) is 6.07 Å². The second kappa shape index (κ2) is 3.89. The molecule has 5 heteroatoms. The molecule has 3 rings (SSSR count). The van der Waals surface area contributed by atoms with Crippen LogP contribution in [-0.2, 0) is 4.79 Å². The second-order valence-corrected chi connectivity index (χ2v) is 4.98. The van der Waals surface area contributed by atoms with E-state index in [1.807, 2.05) is 12.1 Å². The van der Waals surface area contributed by atoms with Gasteiger partial charge in [-0.15, -0.1) is 11.3 Å². The van der Waals surface area contributed by atoms with Gasteiger partial charge < -0.3 is 5.32 Å². The van der Waals surface area contributed by atoms with Crippen molar-refractivity contribution in [2.75, 3.05) is 5.32 Å². The predicted molar refractivity (Wildman–Crippen MR) is 68.1 cm³/mol. The molecule has 18 heavy (non-hydrogen) atoms. The van der Waals surface area contributed by atoms with Crippen molar-refractivity contribution in [3.05, 3.63) is 40.8 Å². The molecule has 1 amide bonds. The maximum atomic E-state index is 11.6. The van der Waals surface area contributed by atoms with E-state index in [9.17, 15) is 14.4 Å². The lowest BCUT2D eigenvalue weighted by atomic mass is 10.1. The Bertz CT molecular complexity index is 687. The number of fused-ring (bicyclic) bond motifs is 1. The van der Waals surface area contributed by atoms with Crippen LogP contribution in [0.5, 0.6) is 0 Å². The van der Waals surface area contributed by atoms with Crippen molar-refractivity contribution < 1.29 is 14.4 Å². The van der Waals surface area contributed by atoms with Crippen molar-refractivity contribution >= 4 is 35.0 Å². The van der Waals surface area contributed by atoms with Crippen LogP contribution < -0.4 is 5.32 Å². The molecule has 0 saturated heterocycles. The zero-order valence-electron chi connectivity index (χ0n) is 9.10. The van der Waals surface area contributed by atoms with E-state index < -0.39 is 11.7 Å². The number of ketones is 1. The summed E-state index contributed by atoms with van der Waals surface area (Å²) in [5, 5.41) is 2.50. The lowest BCUT2D eigenvalue weighted by Crippen LogP contribution is -2.12. The van der Waals surface area contributed by atoms with Crippen LogP contribution in [0.2, 0.25) is 0 Å². The van der Waals surface area contributed by atoms with Gasteiger partial charge in [0.05, 0.1) is 16.1 Å². The normalized spacial score (nSPS) is 13.3. The Morgan fingerprint density at radius 3 is 2.67 bits per heavy atom. The first kappa shape index (κ1) is 10.9. The monoisotopic (exact) mass is 257 g/mol. The van der Waals surface area contributed by atoms with E-state index in [0.717, 1.165) is 16.7 Å². The second-order valence-electron chi connectivity index (χ2n) is 3.86. The van der Waals surface area contributed by atoms with Crippen molar-refractivity contribution in [3.63, 3.8) is 0 Å². The Kier molecular flexibility index (Phi) is 2.34. The molecule has 1 aromatic carbocycles. The minimum atomic E-state index is -0.595. The zero-order chi connectivity index (χ0) is 12.7. The number of carbonyl (C=O) groups is 3. The maximum Gasteiger partial charge on any atom is 0.296 e. The smallest absolute Gasteiger partial charge is 0.296 e. The number of hydrogen-bond donors (Lipinski definition) is 1. The number of aldehydes is 1. The first-order chi connectivity index (χ1) is 8.69. The lowest BCUT2D eigenvalue weighted by molar-refractivity contribution is -0.112. The number of nitrogens with one attached hydrogen (secondary N) is 1. The molecule has 1 aliphatic heterocycles. The number of thiophene rings is 1. The van der Waals surface area contributed by atoms with Crippen molar-refractivity contribution in [1.29, 1.82) is 0 Å². The summed E-state index contributed by atoms with van der Waals surface area (Å²) in [5.74, 6) is -1.11. The Labute approximate surface area is 106 Å². The minimum Gasteiger partial charge on any atom is -0.318 e. The van der Waals surface area contributed by atoms with E-state index in [0.29, 0.717) is 16.1 Å². The number of anilines is 1. The zero-order valence-corrected chi connectivity index (χ0v) is 9.91. The van der Waals surface area contributed by atoms with Gasteiger partial charge >= 0.3 is 0 Å². The van der Waals surface area contributed by atoms with Gasteiger partial charge in [-0.05, 0) is 29.8 Å². The van der Waals surface area contributed by atoms with Crippen molar-refractivity contribution in [2.45, 2.75) is 0 Å². The number of Topliss-reactive ketones (excluding diaryl/α,β-unsaturated/α-hetero) is 1. The summed E-state index contributed by atoms with van der Waals surface area (Å²) >= 11 is 1.35. The summed E-state index contributed by atoms with van der Waals surface area (Å²) in [5.41, 5.74) is 1.76. The molecule has 0 radical (unpaired) electrons. The first-order valence-corrected chi connectivity index (χ1v) is 6.06. The average Bonchev–Trinajstić information content (AvgIpc) is 2.96. The highest BCUT2D eigenvalue weighted by atomic mass is 32.1. The molecule has 0 bridgehead atoms. The lowest BCUT2D eigenvalue weighted by Gasteiger charge is -2.00. The highest BCUT2D eigenvalue weighted by Crippen LogP contribution is 2.32. The van der Waals surface area contributed by atoms with Gasteiger partial charge in [0, 0.05) is 4.88 Å². The standard InChI is InChI=1S/C13H7NO3S/c15-6-8-2-4-11(18-8)7-1-3-10-9(5-7)12(16)13(17)14-10/h1-6H,(H,14,16,17). The number of hydrogen-bond acceptors (Lipinski definition) is 4. The summed E-state index contributed by atoms with van der Waals surface area (Å²) in [7, 11) is 0. The number of rotatable bonds is 2. The third kappa shape index (κ3) is 1.56. The summed E-state index contributed by atoms with van der Waals surface area (Å²) < 4.78 is 0. The molecular weight excluding hydrogens is 250 g/mol. The first-order valence-electron chi connectivity index (χ1n) is 5.24. The third-order valence-corrected chi connectivity index (χ3v) is 3.81. The van der Waals surface area contributed by atoms with Crippen molar-refractivity contribution in [1.82, 2.24) is 0 Å². The van der Waals surface area contributed by atoms with E-state index >= 15 is 0 Å². The van der Waals surface area contributed by atoms with Crippen molar-refractivity contribution in [3.8, 4) is 10.4 Å². The van der Waals surface area contributed by atoms with Crippen LogP contribution in [-0.4, -0.2) is 18.0 Å².